The largest absolute Gasteiger partial charge is 0.489 e. The molecule has 0 spiro atoms. The van der Waals surface area contributed by atoms with Gasteiger partial charge in [-0.25, -0.2) is 8.42 Å². The maximum absolute atomic E-state index is 14.0. The van der Waals surface area contributed by atoms with E-state index < -0.39 is 28.5 Å². The number of benzene rings is 4. The maximum atomic E-state index is 14.0. The molecule has 0 aliphatic carbocycles. The quantitative estimate of drug-likeness (QED) is 0.225. The van der Waals surface area contributed by atoms with Crippen molar-refractivity contribution in [1.82, 2.24) is 10.2 Å². The van der Waals surface area contributed by atoms with Crippen molar-refractivity contribution in [3.63, 3.8) is 0 Å². The summed E-state index contributed by atoms with van der Waals surface area (Å²) in [5, 5.41) is 3.09. The van der Waals surface area contributed by atoms with E-state index in [4.69, 9.17) is 16.3 Å². The number of anilines is 1. The third-order valence-corrected chi connectivity index (χ3v) is 8.38. The standard InChI is InChI=1S/C33H34ClN3O5S/c1-35-33(39)31(21-25-11-5-3-6-12-25)36(22-27-15-9-10-16-30(27)34)32(38)23-37(43(2,40)41)28-17-19-29(20-18-28)42-24-26-13-7-4-8-14-26/h3-20,31H,21-24H2,1-2H3,(H,35,39)/t31-/m1/s1. The molecule has 0 aromatic heterocycles. The molecule has 4 aromatic carbocycles. The molecule has 0 saturated heterocycles. The van der Waals surface area contributed by atoms with Crippen LogP contribution in [0.4, 0.5) is 5.69 Å². The lowest BCUT2D eigenvalue weighted by atomic mass is 10.0. The number of ether oxygens (including phenoxy) is 1. The number of rotatable bonds is 13. The highest BCUT2D eigenvalue weighted by molar-refractivity contribution is 7.92. The summed E-state index contributed by atoms with van der Waals surface area (Å²) in [6.45, 7) is -0.156. The van der Waals surface area contributed by atoms with Crippen molar-refractivity contribution in [2.75, 3.05) is 24.2 Å². The molecule has 0 aliphatic heterocycles. The Labute approximate surface area is 257 Å². The SMILES string of the molecule is CNC(=O)[C@@H](Cc1ccccc1)N(Cc1ccccc1Cl)C(=O)CN(c1ccc(OCc2ccccc2)cc1)S(C)(=O)=O. The van der Waals surface area contributed by atoms with Crippen molar-refractivity contribution in [2.24, 2.45) is 0 Å². The second-order valence-corrected chi connectivity index (χ2v) is 12.3. The van der Waals surface area contributed by atoms with Crippen molar-refractivity contribution in [1.29, 1.82) is 0 Å². The molecule has 0 aliphatic rings. The number of carbonyl (C=O) groups is 2. The van der Waals surface area contributed by atoms with Crippen LogP contribution in [0.2, 0.25) is 5.02 Å². The van der Waals surface area contributed by atoms with Crippen LogP contribution in [0, 0.1) is 0 Å². The summed E-state index contributed by atoms with van der Waals surface area (Å²) in [6, 6.07) is 31.6. The van der Waals surface area contributed by atoms with Gasteiger partial charge in [0.1, 0.15) is 24.9 Å². The summed E-state index contributed by atoms with van der Waals surface area (Å²) in [6.07, 6.45) is 1.27. The number of hydrogen-bond acceptors (Lipinski definition) is 5. The van der Waals surface area contributed by atoms with Gasteiger partial charge in [0.25, 0.3) is 0 Å². The van der Waals surface area contributed by atoms with Gasteiger partial charge in [-0.1, -0.05) is 90.5 Å². The summed E-state index contributed by atoms with van der Waals surface area (Å²) < 4.78 is 32.8. The van der Waals surface area contributed by atoms with Crippen LogP contribution in [0.15, 0.2) is 109 Å². The van der Waals surface area contributed by atoms with Crippen molar-refractivity contribution < 1.29 is 22.7 Å². The minimum Gasteiger partial charge on any atom is -0.489 e. The van der Waals surface area contributed by atoms with E-state index in [1.165, 1.54) is 11.9 Å². The molecule has 0 bridgehead atoms. The molecule has 4 rings (SSSR count). The molecule has 0 heterocycles. The molecule has 224 valence electrons. The summed E-state index contributed by atoms with van der Waals surface area (Å²) >= 11 is 6.45. The summed E-state index contributed by atoms with van der Waals surface area (Å²) in [5.74, 6) is -0.385. The average Bonchev–Trinajstić information content (AvgIpc) is 3.01. The third-order valence-electron chi connectivity index (χ3n) is 6.87. The predicted molar refractivity (Wildman–Crippen MR) is 169 cm³/mol. The van der Waals surface area contributed by atoms with Crippen LogP contribution in [-0.4, -0.2) is 51.0 Å². The van der Waals surface area contributed by atoms with Gasteiger partial charge in [-0.15, -0.1) is 0 Å². The van der Waals surface area contributed by atoms with E-state index in [0.717, 1.165) is 21.7 Å². The molecule has 0 unspecified atom stereocenters. The highest BCUT2D eigenvalue weighted by Gasteiger charge is 2.33. The zero-order chi connectivity index (χ0) is 30.8. The minimum atomic E-state index is -3.89. The monoisotopic (exact) mass is 619 g/mol. The Kier molecular flexibility index (Phi) is 10.8. The van der Waals surface area contributed by atoms with E-state index in [1.807, 2.05) is 60.7 Å². The van der Waals surface area contributed by atoms with E-state index in [0.29, 0.717) is 28.6 Å². The molecule has 0 saturated carbocycles. The lowest BCUT2D eigenvalue weighted by Gasteiger charge is -2.33. The van der Waals surface area contributed by atoms with Crippen LogP contribution in [0.3, 0.4) is 0 Å². The Hall–Kier alpha value is -4.34. The number of sulfonamides is 1. The Morgan fingerprint density at radius 1 is 0.837 bits per heavy atom. The van der Waals surface area contributed by atoms with Crippen molar-refractivity contribution in [3.8, 4) is 5.75 Å². The number of likely N-dealkylation sites (N-methyl/N-ethyl adjacent to an activating group) is 1. The van der Waals surface area contributed by atoms with Crippen LogP contribution in [0.25, 0.3) is 0 Å². The zero-order valence-corrected chi connectivity index (χ0v) is 25.6. The minimum absolute atomic E-state index is 0.00723. The smallest absolute Gasteiger partial charge is 0.244 e. The number of halogens is 1. The molecule has 0 fully saturated rings. The number of nitrogens with zero attached hydrogens (tertiary/aromatic N) is 2. The molecule has 1 atom stereocenters. The van der Waals surface area contributed by atoms with E-state index in [9.17, 15) is 18.0 Å². The van der Waals surface area contributed by atoms with Gasteiger partial charge in [0, 0.05) is 25.0 Å². The van der Waals surface area contributed by atoms with Gasteiger partial charge in [-0.3, -0.25) is 13.9 Å². The molecular formula is C33H34ClN3O5S. The zero-order valence-electron chi connectivity index (χ0n) is 24.0. The van der Waals surface area contributed by atoms with Crippen molar-refractivity contribution in [3.05, 3.63) is 131 Å². The molecule has 1 N–H and O–H groups in total. The van der Waals surface area contributed by atoms with E-state index in [-0.39, 0.29) is 18.9 Å². The molecule has 8 nitrogen and oxygen atoms in total. The second kappa shape index (κ2) is 14.7. The fourth-order valence-electron chi connectivity index (χ4n) is 4.59. The third kappa shape index (κ3) is 8.83. The number of hydrogen-bond donors (Lipinski definition) is 1. The van der Waals surface area contributed by atoms with Gasteiger partial charge in [-0.05, 0) is 47.0 Å². The second-order valence-electron chi connectivity index (χ2n) is 9.97. The molecule has 43 heavy (non-hydrogen) atoms. The molecule has 2 amide bonds. The fraction of sp³-hybridized carbons (Fsp3) is 0.212. The van der Waals surface area contributed by atoms with Crippen LogP contribution in [-0.2, 0) is 39.2 Å². The highest BCUT2D eigenvalue weighted by Crippen LogP contribution is 2.25. The fourth-order valence-corrected chi connectivity index (χ4v) is 5.64. The Morgan fingerprint density at radius 3 is 2.00 bits per heavy atom. The van der Waals surface area contributed by atoms with Crippen LogP contribution >= 0.6 is 11.6 Å². The Balaban J connectivity index is 1.62. The average molecular weight is 620 g/mol. The summed E-state index contributed by atoms with van der Waals surface area (Å²) in [5.41, 5.74) is 2.76. The van der Waals surface area contributed by atoms with Crippen molar-refractivity contribution in [2.45, 2.75) is 25.6 Å². The Bertz CT molecular complexity index is 1620. The molecular weight excluding hydrogens is 586 g/mol. The highest BCUT2D eigenvalue weighted by atomic mass is 35.5. The lowest BCUT2D eigenvalue weighted by molar-refractivity contribution is -0.139. The Morgan fingerprint density at radius 2 is 1.42 bits per heavy atom. The van der Waals surface area contributed by atoms with Gasteiger partial charge in [-0.2, -0.15) is 0 Å². The normalized spacial score (nSPS) is 11.8. The van der Waals surface area contributed by atoms with E-state index in [1.54, 1.807) is 48.5 Å². The summed E-state index contributed by atoms with van der Waals surface area (Å²) in [4.78, 5) is 28.6. The molecule has 10 heteroatoms. The van der Waals surface area contributed by atoms with Crippen LogP contribution in [0.1, 0.15) is 16.7 Å². The van der Waals surface area contributed by atoms with Gasteiger partial charge in [0.05, 0.1) is 11.9 Å². The first-order valence-corrected chi connectivity index (χ1v) is 15.9. The van der Waals surface area contributed by atoms with Crippen LogP contribution < -0.4 is 14.4 Å². The molecule has 4 aromatic rings. The first kappa shape index (κ1) is 31.6. The first-order chi connectivity index (χ1) is 20.7. The van der Waals surface area contributed by atoms with Gasteiger partial charge >= 0.3 is 0 Å². The number of nitrogens with one attached hydrogen (secondary N) is 1. The van der Waals surface area contributed by atoms with Crippen LogP contribution in [0.5, 0.6) is 5.75 Å². The number of carbonyl (C=O) groups excluding carboxylic acids is 2. The van der Waals surface area contributed by atoms with E-state index >= 15 is 0 Å². The van der Waals surface area contributed by atoms with Gasteiger partial charge in [0.15, 0.2) is 0 Å². The first-order valence-electron chi connectivity index (χ1n) is 13.7. The predicted octanol–water partition coefficient (Wildman–Crippen LogP) is 5.07. The molecule has 0 radical (unpaired) electrons. The lowest BCUT2D eigenvalue weighted by Crippen LogP contribution is -2.52. The summed E-state index contributed by atoms with van der Waals surface area (Å²) in [7, 11) is -2.38. The maximum Gasteiger partial charge on any atom is 0.244 e. The number of amides is 2. The topological polar surface area (TPSA) is 96.0 Å². The van der Waals surface area contributed by atoms with Gasteiger partial charge in [0.2, 0.25) is 21.8 Å². The van der Waals surface area contributed by atoms with E-state index in [2.05, 4.69) is 5.32 Å². The van der Waals surface area contributed by atoms with Crippen molar-refractivity contribution >= 4 is 39.1 Å². The van der Waals surface area contributed by atoms with Gasteiger partial charge < -0.3 is 15.0 Å².